The maximum absolute atomic E-state index is 9.17. The van der Waals surface area contributed by atoms with Crippen LogP contribution < -0.4 is 0 Å². The van der Waals surface area contributed by atoms with Gasteiger partial charge in [0, 0.05) is 45.3 Å². The van der Waals surface area contributed by atoms with Crippen molar-refractivity contribution in [3.05, 3.63) is 0 Å². The first-order chi connectivity index (χ1) is 8.70. The Hall–Kier alpha value is -0.630. The van der Waals surface area contributed by atoms with E-state index in [0.717, 1.165) is 26.1 Å². The maximum atomic E-state index is 9.17. The van der Waals surface area contributed by atoms with Crippen LogP contribution in [-0.4, -0.2) is 74.1 Å². The Kier molecular flexibility index (Phi) is 4.99. The number of rotatable bonds is 4. The number of piperazine rings is 1. The maximum Gasteiger partial charge on any atom is 0.0672 e. The highest BCUT2D eigenvalue weighted by atomic mass is 15.3. The number of hydrogen-bond donors (Lipinski definition) is 0. The summed E-state index contributed by atoms with van der Waals surface area (Å²) in [7, 11) is 4.26. The van der Waals surface area contributed by atoms with E-state index in [1.54, 1.807) is 0 Å². The molecular formula is C14H26N4. The fraction of sp³-hybridized carbons (Fsp3) is 0.929. The molecule has 0 N–H and O–H groups in total. The fourth-order valence-corrected chi connectivity index (χ4v) is 3.19. The van der Waals surface area contributed by atoms with Crippen molar-refractivity contribution >= 4 is 0 Å². The van der Waals surface area contributed by atoms with E-state index in [1.165, 1.54) is 32.5 Å². The van der Waals surface area contributed by atoms with Gasteiger partial charge in [-0.15, -0.1) is 0 Å². The summed E-state index contributed by atoms with van der Waals surface area (Å²) in [6.45, 7) is 6.95. The molecule has 0 spiro atoms. The molecule has 1 aliphatic heterocycles. The summed E-state index contributed by atoms with van der Waals surface area (Å²) in [5.41, 5.74) is 0. The molecule has 2 rings (SSSR count). The Bertz CT molecular complexity index is 289. The van der Waals surface area contributed by atoms with E-state index in [9.17, 15) is 5.26 Å². The normalized spacial score (nSPS) is 30.8. The van der Waals surface area contributed by atoms with Gasteiger partial charge in [-0.1, -0.05) is 6.42 Å². The van der Waals surface area contributed by atoms with Gasteiger partial charge in [0.15, 0.2) is 0 Å². The van der Waals surface area contributed by atoms with E-state index in [1.807, 2.05) is 0 Å². The molecule has 1 heterocycles. The summed E-state index contributed by atoms with van der Waals surface area (Å²) >= 11 is 0. The molecule has 2 unspecified atom stereocenters. The number of nitrogens with zero attached hydrogens (tertiary/aromatic N) is 4. The summed E-state index contributed by atoms with van der Waals surface area (Å²) in [6, 6.07) is 3.05. The first-order valence-corrected chi connectivity index (χ1v) is 7.21. The topological polar surface area (TPSA) is 33.5 Å². The monoisotopic (exact) mass is 250 g/mol. The van der Waals surface area contributed by atoms with Crippen molar-refractivity contribution in [2.24, 2.45) is 5.92 Å². The van der Waals surface area contributed by atoms with E-state index < -0.39 is 0 Å². The van der Waals surface area contributed by atoms with Gasteiger partial charge in [0.05, 0.1) is 12.0 Å². The van der Waals surface area contributed by atoms with Gasteiger partial charge in [-0.2, -0.15) is 5.26 Å². The predicted octanol–water partition coefficient (Wildman–Crippen LogP) is 0.858. The average Bonchev–Trinajstić information content (AvgIpc) is 2.85. The molecule has 1 saturated carbocycles. The Morgan fingerprint density at radius 1 is 1.17 bits per heavy atom. The van der Waals surface area contributed by atoms with Crippen LogP contribution in [0, 0.1) is 17.2 Å². The van der Waals surface area contributed by atoms with Crippen LogP contribution in [0.5, 0.6) is 0 Å². The highest BCUT2D eigenvalue weighted by Crippen LogP contribution is 2.29. The van der Waals surface area contributed by atoms with Gasteiger partial charge < -0.3 is 4.90 Å². The Labute approximate surface area is 111 Å². The number of hydrogen-bond acceptors (Lipinski definition) is 4. The summed E-state index contributed by atoms with van der Waals surface area (Å²) < 4.78 is 0. The van der Waals surface area contributed by atoms with Gasteiger partial charge in [-0.05, 0) is 26.9 Å². The molecule has 0 aromatic heterocycles. The van der Waals surface area contributed by atoms with E-state index in [4.69, 9.17) is 0 Å². The molecule has 4 nitrogen and oxygen atoms in total. The van der Waals surface area contributed by atoms with Crippen molar-refractivity contribution in [1.82, 2.24) is 14.7 Å². The van der Waals surface area contributed by atoms with Crippen molar-refractivity contribution in [2.45, 2.75) is 25.3 Å². The third kappa shape index (κ3) is 3.44. The quantitative estimate of drug-likeness (QED) is 0.741. The molecule has 102 valence electrons. The molecule has 1 saturated heterocycles. The summed E-state index contributed by atoms with van der Waals surface area (Å²) in [4.78, 5) is 7.36. The standard InChI is InChI=1S/C14H26N4/c1-16(2)6-7-17-8-10-18(11-9-17)14-5-3-4-13(14)12-15/h13-14H,3-11H2,1-2H3. The second-order valence-corrected chi connectivity index (χ2v) is 5.91. The third-order valence-corrected chi connectivity index (χ3v) is 4.38. The number of likely N-dealkylation sites (N-methyl/N-ethyl adjacent to an activating group) is 1. The summed E-state index contributed by atoms with van der Waals surface area (Å²) in [5, 5.41) is 9.17. The molecule has 1 aliphatic carbocycles. The van der Waals surface area contributed by atoms with Crippen LogP contribution in [0.1, 0.15) is 19.3 Å². The van der Waals surface area contributed by atoms with Gasteiger partial charge >= 0.3 is 0 Å². The minimum atomic E-state index is 0.290. The van der Waals surface area contributed by atoms with Crippen molar-refractivity contribution < 1.29 is 0 Å². The molecule has 2 fully saturated rings. The lowest BCUT2D eigenvalue weighted by atomic mass is 10.0. The van der Waals surface area contributed by atoms with E-state index >= 15 is 0 Å². The second-order valence-electron chi connectivity index (χ2n) is 5.91. The van der Waals surface area contributed by atoms with Gasteiger partial charge in [0.2, 0.25) is 0 Å². The highest BCUT2D eigenvalue weighted by molar-refractivity contribution is 4.98. The SMILES string of the molecule is CN(C)CCN1CCN(C2CCCC2C#N)CC1. The third-order valence-electron chi connectivity index (χ3n) is 4.38. The molecule has 0 bridgehead atoms. The first kappa shape index (κ1) is 13.8. The van der Waals surface area contributed by atoms with Gasteiger partial charge in [-0.3, -0.25) is 9.80 Å². The minimum absolute atomic E-state index is 0.290. The minimum Gasteiger partial charge on any atom is -0.308 e. The van der Waals surface area contributed by atoms with Gasteiger partial charge in [0.1, 0.15) is 0 Å². The van der Waals surface area contributed by atoms with Gasteiger partial charge in [0.25, 0.3) is 0 Å². The highest BCUT2D eigenvalue weighted by Gasteiger charge is 2.33. The molecule has 18 heavy (non-hydrogen) atoms. The lowest BCUT2D eigenvalue weighted by molar-refractivity contribution is 0.0844. The van der Waals surface area contributed by atoms with Crippen molar-refractivity contribution in [3.63, 3.8) is 0 Å². The van der Waals surface area contributed by atoms with Crippen LogP contribution in [0.3, 0.4) is 0 Å². The van der Waals surface area contributed by atoms with Crippen LogP contribution in [0.15, 0.2) is 0 Å². The van der Waals surface area contributed by atoms with Crippen LogP contribution in [0.2, 0.25) is 0 Å². The fourth-order valence-electron chi connectivity index (χ4n) is 3.19. The lowest BCUT2D eigenvalue weighted by Crippen LogP contribution is -2.52. The van der Waals surface area contributed by atoms with Crippen LogP contribution in [0.4, 0.5) is 0 Å². The molecule has 0 amide bonds. The molecular weight excluding hydrogens is 224 g/mol. The predicted molar refractivity (Wildman–Crippen MR) is 73.3 cm³/mol. The molecule has 0 aromatic rings. The molecule has 0 aromatic carbocycles. The summed E-state index contributed by atoms with van der Waals surface area (Å²) in [6.07, 6.45) is 3.58. The number of nitriles is 1. The second kappa shape index (κ2) is 6.51. The average molecular weight is 250 g/mol. The zero-order valence-electron chi connectivity index (χ0n) is 11.8. The lowest BCUT2D eigenvalue weighted by Gasteiger charge is -2.39. The van der Waals surface area contributed by atoms with Crippen molar-refractivity contribution in [1.29, 1.82) is 5.26 Å². The van der Waals surface area contributed by atoms with Crippen LogP contribution in [-0.2, 0) is 0 Å². The Morgan fingerprint density at radius 3 is 2.50 bits per heavy atom. The van der Waals surface area contributed by atoms with Crippen LogP contribution in [0.25, 0.3) is 0 Å². The smallest absolute Gasteiger partial charge is 0.0672 e. The summed E-state index contributed by atoms with van der Waals surface area (Å²) in [5.74, 6) is 0.290. The Balaban J connectivity index is 1.75. The van der Waals surface area contributed by atoms with Crippen molar-refractivity contribution in [3.8, 4) is 6.07 Å². The van der Waals surface area contributed by atoms with E-state index in [2.05, 4.69) is 34.9 Å². The molecule has 2 aliphatic rings. The molecule has 0 radical (unpaired) electrons. The first-order valence-electron chi connectivity index (χ1n) is 7.21. The Morgan fingerprint density at radius 2 is 1.89 bits per heavy atom. The zero-order valence-corrected chi connectivity index (χ0v) is 11.8. The zero-order chi connectivity index (χ0) is 13.0. The van der Waals surface area contributed by atoms with E-state index in [-0.39, 0.29) is 0 Å². The van der Waals surface area contributed by atoms with Gasteiger partial charge in [-0.25, -0.2) is 0 Å². The molecule has 2 atom stereocenters. The largest absolute Gasteiger partial charge is 0.308 e. The van der Waals surface area contributed by atoms with Crippen LogP contribution >= 0.6 is 0 Å². The van der Waals surface area contributed by atoms with Crippen molar-refractivity contribution in [2.75, 3.05) is 53.4 Å². The molecule has 4 heteroatoms. The van der Waals surface area contributed by atoms with E-state index in [0.29, 0.717) is 12.0 Å².